The molecule has 1 aromatic rings. The maximum atomic E-state index is 11.5. The molecule has 2 saturated carbocycles. The molecule has 0 saturated heterocycles. The molecular formula is C14H18N2O3. The zero-order valence-corrected chi connectivity index (χ0v) is 11.2. The molecule has 0 bridgehead atoms. The Morgan fingerprint density at radius 1 is 1.32 bits per heavy atom. The van der Waals surface area contributed by atoms with Gasteiger partial charge in [0.2, 0.25) is 5.88 Å². The highest BCUT2D eigenvalue weighted by atomic mass is 16.5. The summed E-state index contributed by atoms with van der Waals surface area (Å²) in [5, 5.41) is 9.46. The summed E-state index contributed by atoms with van der Waals surface area (Å²) in [6, 6.07) is 0. The number of carbonyl (C=O) groups is 1. The van der Waals surface area contributed by atoms with Gasteiger partial charge in [0, 0.05) is 11.6 Å². The van der Waals surface area contributed by atoms with Crippen LogP contribution in [0, 0.1) is 12.8 Å². The van der Waals surface area contributed by atoms with Gasteiger partial charge in [0.25, 0.3) is 0 Å². The normalized spacial score (nSPS) is 20.1. The molecule has 1 N–H and O–H groups in total. The Bertz CT molecular complexity index is 522. The number of hydrogen-bond acceptors (Lipinski definition) is 4. The van der Waals surface area contributed by atoms with Gasteiger partial charge in [0.05, 0.1) is 18.6 Å². The van der Waals surface area contributed by atoms with Crippen LogP contribution in [0.15, 0.2) is 0 Å². The van der Waals surface area contributed by atoms with Crippen LogP contribution < -0.4 is 4.74 Å². The van der Waals surface area contributed by atoms with Crippen molar-refractivity contribution in [3.05, 3.63) is 17.1 Å². The highest BCUT2D eigenvalue weighted by Gasteiger charge is 2.41. The van der Waals surface area contributed by atoms with Crippen molar-refractivity contribution in [1.82, 2.24) is 9.97 Å². The summed E-state index contributed by atoms with van der Waals surface area (Å²) in [6.07, 6.45) is 4.16. The lowest BCUT2D eigenvalue weighted by Crippen LogP contribution is -2.18. The zero-order valence-electron chi connectivity index (χ0n) is 11.2. The molecule has 1 atom stereocenters. The van der Waals surface area contributed by atoms with Crippen LogP contribution in [0.5, 0.6) is 5.88 Å². The lowest BCUT2D eigenvalue weighted by atomic mass is 9.93. The molecule has 2 aliphatic rings. The largest absolute Gasteiger partial charge is 0.481 e. The number of aliphatic carboxylic acids is 1. The molecule has 1 aromatic heterocycles. The van der Waals surface area contributed by atoms with E-state index in [2.05, 4.69) is 9.97 Å². The molecule has 1 unspecified atom stereocenters. The van der Waals surface area contributed by atoms with Crippen LogP contribution in [0.25, 0.3) is 0 Å². The SMILES string of the molecule is COc1nc(C2CC2)nc(C)c1C(C(=O)O)C1CC1. The number of carboxylic acid groups (broad SMARTS) is 1. The van der Waals surface area contributed by atoms with Crippen molar-refractivity contribution in [2.75, 3.05) is 7.11 Å². The van der Waals surface area contributed by atoms with E-state index in [-0.39, 0.29) is 5.92 Å². The van der Waals surface area contributed by atoms with E-state index < -0.39 is 11.9 Å². The van der Waals surface area contributed by atoms with Crippen LogP contribution in [-0.4, -0.2) is 28.2 Å². The van der Waals surface area contributed by atoms with Gasteiger partial charge >= 0.3 is 5.97 Å². The Morgan fingerprint density at radius 3 is 2.47 bits per heavy atom. The van der Waals surface area contributed by atoms with Crippen molar-refractivity contribution in [2.24, 2.45) is 5.92 Å². The van der Waals surface area contributed by atoms with Crippen LogP contribution in [0.4, 0.5) is 0 Å². The van der Waals surface area contributed by atoms with E-state index in [9.17, 15) is 9.90 Å². The molecule has 19 heavy (non-hydrogen) atoms. The Balaban J connectivity index is 2.05. The van der Waals surface area contributed by atoms with Crippen molar-refractivity contribution in [1.29, 1.82) is 0 Å². The van der Waals surface area contributed by atoms with E-state index in [0.29, 0.717) is 17.4 Å². The van der Waals surface area contributed by atoms with Gasteiger partial charge in [-0.25, -0.2) is 4.98 Å². The van der Waals surface area contributed by atoms with Gasteiger partial charge in [-0.15, -0.1) is 0 Å². The number of nitrogens with zero attached hydrogens (tertiary/aromatic N) is 2. The second-order valence-electron chi connectivity index (χ2n) is 5.52. The fourth-order valence-electron chi connectivity index (χ4n) is 2.60. The Morgan fingerprint density at radius 2 is 2.00 bits per heavy atom. The van der Waals surface area contributed by atoms with Crippen molar-refractivity contribution >= 4 is 5.97 Å². The number of methoxy groups -OCH3 is 1. The molecule has 5 nitrogen and oxygen atoms in total. The van der Waals surface area contributed by atoms with E-state index in [1.165, 1.54) is 0 Å². The fraction of sp³-hybridized carbons (Fsp3) is 0.643. The standard InChI is InChI=1S/C14H18N2O3/c1-7-10(11(14(17)18)8-3-4-8)13(19-2)16-12(15-7)9-5-6-9/h8-9,11H,3-6H2,1-2H3,(H,17,18). The molecule has 2 fully saturated rings. The number of aromatic nitrogens is 2. The number of carboxylic acids is 1. The first kappa shape index (κ1) is 12.4. The van der Waals surface area contributed by atoms with Gasteiger partial charge in [-0.1, -0.05) is 0 Å². The molecule has 0 aromatic carbocycles. The predicted molar refractivity (Wildman–Crippen MR) is 68.4 cm³/mol. The second-order valence-corrected chi connectivity index (χ2v) is 5.52. The topological polar surface area (TPSA) is 72.3 Å². The Kier molecular flexibility index (Phi) is 2.92. The number of ether oxygens (including phenoxy) is 1. The first-order valence-corrected chi connectivity index (χ1v) is 6.77. The third-order valence-corrected chi connectivity index (χ3v) is 3.92. The minimum atomic E-state index is -0.799. The Labute approximate surface area is 112 Å². The van der Waals surface area contributed by atoms with Crippen LogP contribution in [0.3, 0.4) is 0 Å². The van der Waals surface area contributed by atoms with Gasteiger partial charge < -0.3 is 9.84 Å². The van der Waals surface area contributed by atoms with Crippen LogP contribution in [0.1, 0.15) is 54.6 Å². The summed E-state index contributed by atoms with van der Waals surface area (Å²) in [5.41, 5.74) is 1.43. The summed E-state index contributed by atoms with van der Waals surface area (Å²) < 4.78 is 5.34. The monoisotopic (exact) mass is 262 g/mol. The summed E-state index contributed by atoms with van der Waals surface area (Å²) in [5.74, 6) is 0.577. The van der Waals surface area contributed by atoms with E-state index in [4.69, 9.17) is 4.74 Å². The van der Waals surface area contributed by atoms with E-state index >= 15 is 0 Å². The molecule has 0 spiro atoms. The van der Waals surface area contributed by atoms with Gasteiger partial charge in [-0.3, -0.25) is 4.79 Å². The van der Waals surface area contributed by atoms with E-state index in [1.807, 2.05) is 6.92 Å². The summed E-state index contributed by atoms with van der Waals surface area (Å²) >= 11 is 0. The van der Waals surface area contributed by atoms with Crippen LogP contribution in [-0.2, 0) is 4.79 Å². The molecule has 102 valence electrons. The highest BCUT2D eigenvalue weighted by Crippen LogP contribution is 2.47. The molecule has 5 heteroatoms. The molecule has 0 radical (unpaired) electrons. The number of rotatable bonds is 5. The smallest absolute Gasteiger partial charge is 0.311 e. The van der Waals surface area contributed by atoms with Crippen LogP contribution >= 0.6 is 0 Å². The zero-order chi connectivity index (χ0) is 13.6. The first-order valence-electron chi connectivity index (χ1n) is 6.77. The predicted octanol–water partition coefficient (Wildman–Crippen LogP) is 2.25. The minimum Gasteiger partial charge on any atom is -0.481 e. The first-order chi connectivity index (χ1) is 9.11. The van der Waals surface area contributed by atoms with Gasteiger partial charge in [0.15, 0.2) is 0 Å². The third kappa shape index (κ3) is 2.29. The maximum absolute atomic E-state index is 11.5. The number of aryl methyl sites for hydroxylation is 1. The van der Waals surface area contributed by atoms with Crippen LogP contribution in [0.2, 0.25) is 0 Å². The fourth-order valence-corrected chi connectivity index (χ4v) is 2.60. The average Bonchev–Trinajstić information content (AvgIpc) is 3.24. The highest BCUT2D eigenvalue weighted by molar-refractivity contribution is 5.78. The Hall–Kier alpha value is -1.65. The van der Waals surface area contributed by atoms with E-state index in [1.54, 1.807) is 7.11 Å². The van der Waals surface area contributed by atoms with Gasteiger partial charge in [0.1, 0.15) is 5.82 Å². The number of hydrogen-bond donors (Lipinski definition) is 1. The summed E-state index contributed by atoms with van der Waals surface area (Å²) in [6.45, 7) is 1.86. The quantitative estimate of drug-likeness (QED) is 0.881. The minimum absolute atomic E-state index is 0.209. The van der Waals surface area contributed by atoms with Gasteiger partial charge in [-0.2, -0.15) is 4.98 Å². The molecule has 3 rings (SSSR count). The lowest BCUT2D eigenvalue weighted by Gasteiger charge is -2.17. The molecule has 0 aliphatic heterocycles. The van der Waals surface area contributed by atoms with Gasteiger partial charge in [-0.05, 0) is 38.5 Å². The van der Waals surface area contributed by atoms with Crippen molar-refractivity contribution in [3.8, 4) is 5.88 Å². The lowest BCUT2D eigenvalue weighted by molar-refractivity contribution is -0.139. The summed E-state index contributed by atoms with van der Waals surface area (Å²) in [7, 11) is 1.55. The average molecular weight is 262 g/mol. The third-order valence-electron chi connectivity index (χ3n) is 3.92. The van der Waals surface area contributed by atoms with Crippen molar-refractivity contribution in [2.45, 2.75) is 44.4 Å². The van der Waals surface area contributed by atoms with Crippen molar-refractivity contribution < 1.29 is 14.6 Å². The molecule has 0 amide bonds. The molecular weight excluding hydrogens is 244 g/mol. The van der Waals surface area contributed by atoms with Crippen molar-refractivity contribution in [3.63, 3.8) is 0 Å². The molecule has 2 aliphatic carbocycles. The molecule has 1 heterocycles. The second kappa shape index (κ2) is 4.47. The summed E-state index contributed by atoms with van der Waals surface area (Å²) in [4.78, 5) is 20.5. The maximum Gasteiger partial charge on any atom is 0.311 e. The van der Waals surface area contributed by atoms with E-state index in [0.717, 1.165) is 37.2 Å².